The van der Waals surface area contributed by atoms with Crippen molar-refractivity contribution in [2.24, 2.45) is 0 Å². The molecule has 0 atom stereocenters. The number of fused-ring (bicyclic) bond motifs is 3. The largest absolute Gasteiger partial charge is 0.268 e. The van der Waals surface area contributed by atoms with Crippen LogP contribution in [-0.2, 0) is 10.0 Å². The van der Waals surface area contributed by atoms with E-state index in [0.717, 1.165) is 22.0 Å². The topological polar surface area (TPSA) is 39.1 Å². The number of aryl methyl sites for hydroxylation is 1. The lowest BCUT2D eigenvalue weighted by Gasteiger charge is -2.07. The van der Waals surface area contributed by atoms with Gasteiger partial charge in [-0.2, -0.15) is 0 Å². The lowest BCUT2D eigenvalue weighted by molar-refractivity contribution is 0.589. The maximum absolute atomic E-state index is 13.0. The molecule has 0 fully saturated rings. The van der Waals surface area contributed by atoms with E-state index < -0.39 is 10.0 Å². The van der Waals surface area contributed by atoms with E-state index >= 15 is 0 Å². The van der Waals surface area contributed by atoms with Crippen LogP contribution >= 0.6 is 22.7 Å². The van der Waals surface area contributed by atoms with Crippen molar-refractivity contribution < 1.29 is 8.42 Å². The number of hydrogen-bond acceptors (Lipinski definition) is 4. The molecule has 238 valence electrons. The molecular formula is C40H43NO2S3. The molecule has 0 spiro atoms. The SMILES string of the molecule is CC(C)c1cc2ccccc2s1.CC(C)c1csc2ccccc12.Cc1ccc(S(=O)(=O)n2cc(C(C)C)c3ccccc32)cc1. The van der Waals surface area contributed by atoms with E-state index in [1.54, 1.807) is 18.3 Å². The molecule has 0 amide bonds. The number of benzene rings is 4. The molecule has 46 heavy (non-hydrogen) atoms. The number of para-hydroxylation sites is 1. The van der Waals surface area contributed by atoms with E-state index in [1.807, 2.05) is 66.0 Å². The van der Waals surface area contributed by atoms with Crippen LogP contribution in [0.3, 0.4) is 0 Å². The normalized spacial score (nSPS) is 11.7. The third-order valence-corrected chi connectivity index (χ3v) is 12.1. The molecule has 3 nitrogen and oxygen atoms in total. The van der Waals surface area contributed by atoms with Crippen molar-refractivity contribution in [1.82, 2.24) is 3.97 Å². The van der Waals surface area contributed by atoms with Crippen LogP contribution in [0.5, 0.6) is 0 Å². The van der Waals surface area contributed by atoms with E-state index in [1.165, 1.54) is 34.6 Å². The van der Waals surface area contributed by atoms with Crippen molar-refractivity contribution in [3.05, 3.63) is 136 Å². The van der Waals surface area contributed by atoms with Gasteiger partial charge in [-0.15, -0.1) is 22.7 Å². The highest BCUT2D eigenvalue weighted by Crippen LogP contribution is 2.32. The fourth-order valence-electron chi connectivity index (χ4n) is 5.39. The molecule has 0 radical (unpaired) electrons. The highest BCUT2D eigenvalue weighted by molar-refractivity contribution is 7.90. The third-order valence-electron chi connectivity index (χ3n) is 8.06. The van der Waals surface area contributed by atoms with Gasteiger partial charge in [0.25, 0.3) is 10.0 Å². The average Bonchev–Trinajstić information content (AvgIpc) is 3.77. The molecule has 0 bridgehead atoms. The Morgan fingerprint density at radius 3 is 1.85 bits per heavy atom. The van der Waals surface area contributed by atoms with Gasteiger partial charge in [-0.1, -0.05) is 114 Å². The second kappa shape index (κ2) is 14.4. The summed E-state index contributed by atoms with van der Waals surface area (Å²) in [4.78, 5) is 1.80. The summed E-state index contributed by atoms with van der Waals surface area (Å²) in [7, 11) is -3.58. The second-order valence-electron chi connectivity index (χ2n) is 12.6. The second-order valence-corrected chi connectivity index (χ2v) is 16.4. The van der Waals surface area contributed by atoms with Gasteiger partial charge < -0.3 is 0 Å². The maximum atomic E-state index is 13.0. The highest BCUT2D eigenvalue weighted by atomic mass is 32.2. The molecule has 0 saturated carbocycles. The fourth-order valence-corrected chi connectivity index (χ4v) is 8.96. The molecule has 0 saturated heterocycles. The van der Waals surface area contributed by atoms with Gasteiger partial charge in [0.15, 0.2) is 0 Å². The smallest absolute Gasteiger partial charge is 0.241 e. The monoisotopic (exact) mass is 665 g/mol. The zero-order valence-corrected chi connectivity index (χ0v) is 30.1. The van der Waals surface area contributed by atoms with Gasteiger partial charge in [-0.25, -0.2) is 12.4 Å². The van der Waals surface area contributed by atoms with E-state index in [9.17, 15) is 8.42 Å². The van der Waals surface area contributed by atoms with Gasteiger partial charge in [-0.05, 0) is 88.4 Å². The molecule has 6 heteroatoms. The van der Waals surface area contributed by atoms with Crippen molar-refractivity contribution >= 4 is 63.8 Å². The molecule has 3 heterocycles. The van der Waals surface area contributed by atoms with Crippen molar-refractivity contribution in [2.45, 2.75) is 71.1 Å². The van der Waals surface area contributed by atoms with E-state index in [2.05, 4.69) is 102 Å². The summed E-state index contributed by atoms with van der Waals surface area (Å²) in [5, 5.41) is 6.08. The summed E-state index contributed by atoms with van der Waals surface area (Å²) in [6, 6.07) is 34.1. The lowest BCUT2D eigenvalue weighted by atomic mass is 10.0. The van der Waals surface area contributed by atoms with E-state index in [4.69, 9.17) is 0 Å². The minimum Gasteiger partial charge on any atom is -0.241 e. The minimum atomic E-state index is -3.58. The van der Waals surface area contributed by atoms with Gasteiger partial charge >= 0.3 is 0 Å². The molecule has 3 aromatic heterocycles. The van der Waals surface area contributed by atoms with Crippen molar-refractivity contribution in [3.8, 4) is 0 Å². The summed E-state index contributed by atoms with van der Waals surface area (Å²) in [5.74, 6) is 1.56. The first kappa shape index (κ1) is 33.6. The molecule has 0 N–H and O–H groups in total. The van der Waals surface area contributed by atoms with Gasteiger partial charge in [0.05, 0.1) is 10.4 Å². The van der Waals surface area contributed by atoms with Crippen molar-refractivity contribution in [3.63, 3.8) is 0 Å². The molecule has 0 aliphatic rings. The fraction of sp³-hybridized carbons (Fsp3) is 0.250. The first-order valence-corrected chi connectivity index (χ1v) is 19.0. The predicted octanol–water partition coefficient (Wildman–Crippen LogP) is 12.4. The first-order chi connectivity index (χ1) is 22.0. The van der Waals surface area contributed by atoms with Gasteiger partial charge in [0.2, 0.25) is 0 Å². The summed E-state index contributed by atoms with van der Waals surface area (Å²) >= 11 is 3.75. The number of hydrogen-bond donors (Lipinski definition) is 0. The summed E-state index contributed by atoms with van der Waals surface area (Å²) in [6.07, 6.45) is 1.75. The Bertz CT molecular complexity index is 2120. The predicted molar refractivity (Wildman–Crippen MR) is 202 cm³/mol. The Balaban J connectivity index is 0.000000147. The van der Waals surface area contributed by atoms with Crippen molar-refractivity contribution in [2.75, 3.05) is 0 Å². The molecule has 0 unspecified atom stereocenters. The van der Waals surface area contributed by atoms with Crippen LogP contribution in [0.1, 0.15) is 80.9 Å². The highest BCUT2D eigenvalue weighted by Gasteiger charge is 2.21. The Hall–Kier alpha value is -3.71. The zero-order chi connectivity index (χ0) is 33.0. The summed E-state index contributed by atoms with van der Waals surface area (Å²) in [5.41, 5.74) is 4.30. The maximum Gasteiger partial charge on any atom is 0.268 e. The third kappa shape index (κ3) is 7.30. The van der Waals surface area contributed by atoms with Crippen LogP contribution in [0.2, 0.25) is 0 Å². The van der Waals surface area contributed by atoms with Crippen LogP contribution in [0.25, 0.3) is 31.1 Å². The van der Waals surface area contributed by atoms with Gasteiger partial charge in [-0.3, -0.25) is 0 Å². The van der Waals surface area contributed by atoms with E-state index in [0.29, 0.717) is 16.7 Å². The Morgan fingerprint density at radius 1 is 0.630 bits per heavy atom. The minimum absolute atomic E-state index is 0.263. The van der Waals surface area contributed by atoms with Crippen LogP contribution in [0, 0.1) is 6.92 Å². The van der Waals surface area contributed by atoms with Crippen LogP contribution in [-0.4, -0.2) is 12.4 Å². The van der Waals surface area contributed by atoms with E-state index in [-0.39, 0.29) is 5.92 Å². The molecule has 4 aromatic carbocycles. The van der Waals surface area contributed by atoms with Crippen LogP contribution < -0.4 is 0 Å². The lowest BCUT2D eigenvalue weighted by Crippen LogP contribution is -2.11. The van der Waals surface area contributed by atoms with Crippen LogP contribution in [0.15, 0.2) is 120 Å². The first-order valence-electron chi connectivity index (χ1n) is 15.8. The zero-order valence-electron chi connectivity index (χ0n) is 27.7. The summed E-state index contributed by atoms with van der Waals surface area (Å²) in [6.45, 7) is 15.1. The van der Waals surface area contributed by atoms with Crippen LogP contribution in [0.4, 0.5) is 0 Å². The Morgan fingerprint density at radius 2 is 1.22 bits per heavy atom. The molecular weight excluding hydrogens is 623 g/mol. The van der Waals surface area contributed by atoms with Crippen molar-refractivity contribution in [1.29, 1.82) is 0 Å². The summed E-state index contributed by atoms with van der Waals surface area (Å²) < 4.78 is 30.1. The van der Waals surface area contributed by atoms with Gasteiger partial charge in [0, 0.05) is 25.9 Å². The number of aromatic nitrogens is 1. The molecule has 7 rings (SSSR count). The number of rotatable bonds is 5. The number of thiophene rings is 2. The van der Waals surface area contributed by atoms with Gasteiger partial charge in [0.1, 0.15) is 0 Å². The quantitative estimate of drug-likeness (QED) is 0.183. The molecule has 0 aliphatic heterocycles. The molecule has 0 aliphatic carbocycles. The number of nitrogens with zero attached hydrogens (tertiary/aromatic N) is 1. The standard InChI is InChI=1S/C18H19NO2S.2C11H12S/c1-13(2)17-12-19(18-7-5-4-6-16(17)18)22(20,21)15-10-8-14(3)9-11-15;1-8(2)10-7-12-11-6-4-3-5-9(10)11;1-8(2)11-7-9-5-3-4-6-10(9)12-11/h4-13H,1-3H3;2*3-8H,1-2H3. The Kier molecular flexibility index (Phi) is 10.5. The molecule has 7 aromatic rings. The Labute approximate surface area is 282 Å². The average molecular weight is 666 g/mol.